The third kappa shape index (κ3) is 3.09. The van der Waals surface area contributed by atoms with Crippen LogP contribution < -0.4 is 4.74 Å². The van der Waals surface area contributed by atoms with Crippen LogP contribution in [0.3, 0.4) is 0 Å². The minimum atomic E-state index is -0.433. The van der Waals surface area contributed by atoms with E-state index in [2.05, 4.69) is 28.1 Å². The van der Waals surface area contributed by atoms with Crippen LogP contribution in [0.1, 0.15) is 12.0 Å². The Morgan fingerprint density at radius 1 is 1.30 bits per heavy atom. The third-order valence-electron chi connectivity index (χ3n) is 5.99. The fourth-order valence-corrected chi connectivity index (χ4v) is 4.50. The second-order valence-corrected chi connectivity index (χ2v) is 8.38. The number of fused-ring (bicyclic) bond motifs is 2. The molecule has 0 amide bonds. The van der Waals surface area contributed by atoms with Gasteiger partial charge in [0, 0.05) is 38.2 Å². The van der Waals surface area contributed by atoms with Crippen LogP contribution in [0.25, 0.3) is 11.0 Å². The second kappa shape index (κ2) is 6.21. The summed E-state index contributed by atoms with van der Waals surface area (Å²) in [7, 11) is 2.01. The number of aromatic nitrogens is 2. The standard InChI is InChI=1S/C21H21ClFN3O/c1-25-13-24-19-6-14(2-5-20(19)25)9-26-10-15-8-21(15,11-26)12-27-16-3-4-17(22)18(23)7-16/h2-7,13,15H,8-12H2,1H3. The van der Waals surface area contributed by atoms with Gasteiger partial charge in [0.1, 0.15) is 11.6 Å². The van der Waals surface area contributed by atoms with E-state index in [0.717, 1.165) is 30.7 Å². The molecule has 1 saturated carbocycles. The highest BCUT2D eigenvalue weighted by atomic mass is 35.5. The summed E-state index contributed by atoms with van der Waals surface area (Å²) in [5.41, 5.74) is 3.70. The number of nitrogens with zero attached hydrogens (tertiary/aromatic N) is 3. The summed E-state index contributed by atoms with van der Waals surface area (Å²) in [5, 5.41) is 0.127. The molecule has 0 N–H and O–H groups in total. The van der Waals surface area contributed by atoms with E-state index in [9.17, 15) is 4.39 Å². The van der Waals surface area contributed by atoms with E-state index < -0.39 is 5.82 Å². The predicted molar refractivity (Wildman–Crippen MR) is 103 cm³/mol. The SMILES string of the molecule is Cn1cnc2cc(CN3CC4CC4(COc4ccc(Cl)c(F)c4)C3)ccc21. The molecule has 4 nitrogen and oxygen atoms in total. The first-order valence-corrected chi connectivity index (χ1v) is 9.60. The van der Waals surface area contributed by atoms with Crippen LogP contribution in [0.2, 0.25) is 5.02 Å². The average Bonchev–Trinajstić information content (AvgIpc) is 3.00. The van der Waals surface area contributed by atoms with E-state index in [4.69, 9.17) is 16.3 Å². The summed E-state index contributed by atoms with van der Waals surface area (Å²) < 4.78 is 21.5. The number of ether oxygens (including phenoxy) is 1. The maximum absolute atomic E-state index is 13.6. The fourth-order valence-electron chi connectivity index (χ4n) is 4.38. The molecule has 140 valence electrons. The minimum Gasteiger partial charge on any atom is -0.493 e. The lowest BCUT2D eigenvalue weighted by Crippen LogP contribution is -2.27. The quantitative estimate of drug-likeness (QED) is 0.657. The summed E-state index contributed by atoms with van der Waals surface area (Å²) in [5.74, 6) is 0.793. The summed E-state index contributed by atoms with van der Waals surface area (Å²) in [6, 6.07) is 11.2. The maximum atomic E-state index is 13.6. The van der Waals surface area contributed by atoms with Gasteiger partial charge in [0.15, 0.2) is 0 Å². The molecule has 5 rings (SSSR count). The van der Waals surface area contributed by atoms with Gasteiger partial charge in [-0.2, -0.15) is 0 Å². The zero-order valence-electron chi connectivity index (χ0n) is 15.2. The van der Waals surface area contributed by atoms with E-state index in [-0.39, 0.29) is 10.4 Å². The Hall–Kier alpha value is -2.11. The number of hydrogen-bond donors (Lipinski definition) is 0. The maximum Gasteiger partial charge on any atom is 0.145 e. The van der Waals surface area contributed by atoms with Gasteiger partial charge in [-0.25, -0.2) is 9.37 Å². The van der Waals surface area contributed by atoms with Gasteiger partial charge in [0.05, 0.1) is 29.0 Å². The molecule has 2 aliphatic rings. The average molecular weight is 386 g/mol. The number of hydrogen-bond acceptors (Lipinski definition) is 3. The largest absolute Gasteiger partial charge is 0.493 e. The lowest BCUT2D eigenvalue weighted by atomic mass is 10.1. The second-order valence-electron chi connectivity index (χ2n) is 7.98. The van der Waals surface area contributed by atoms with Crippen molar-refractivity contribution in [3.8, 4) is 5.75 Å². The Morgan fingerprint density at radius 2 is 2.19 bits per heavy atom. The molecule has 27 heavy (non-hydrogen) atoms. The topological polar surface area (TPSA) is 30.3 Å². The van der Waals surface area contributed by atoms with Crippen LogP contribution in [-0.2, 0) is 13.6 Å². The van der Waals surface area contributed by atoms with Gasteiger partial charge in [-0.1, -0.05) is 17.7 Å². The highest BCUT2D eigenvalue weighted by Gasteiger charge is 2.60. The Kier molecular flexibility index (Phi) is 3.92. The molecule has 0 spiro atoms. The smallest absolute Gasteiger partial charge is 0.145 e. The number of piperidine rings is 1. The fraction of sp³-hybridized carbons (Fsp3) is 0.381. The van der Waals surface area contributed by atoms with Crippen LogP contribution in [0.5, 0.6) is 5.75 Å². The Bertz CT molecular complexity index is 1020. The highest BCUT2D eigenvalue weighted by Crippen LogP contribution is 2.58. The van der Waals surface area contributed by atoms with Gasteiger partial charge in [-0.05, 0) is 42.2 Å². The molecule has 2 heterocycles. The van der Waals surface area contributed by atoms with Gasteiger partial charge < -0.3 is 9.30 Å². The van der Waals surface area contributed by atoms with E-state index >= 15 is 0 Å². The normalized spacial score (nSPS) is 24.3. The molecule has 2 atom stereocenters. The summed E-state index contributed by atoms with van der Waals surface area (Å²) in [4.78, 5) is 6.94. The molecule has 0 bridgehead atoms. The lowest BCUT2D eigenvalue weighted by molar-refractivity contribution is 0.200. The molecule has 2 unspecified atom stereocenters. The summed E-state index contributed by atoms with van der Waals surface area (Å²) in [6.07, 6.45) is 3.05. The van der Waals surface area contributed by atoms with Gasteiger partial charge >= 0.3 is 0 Å². The van der Waals surface area contributed by atoms with Crippen molar-refractivity contribution in [2.75, 3.05) is 19.7 Å². The third-order valence-corrected chi connectivity index (χ3v) is 6.30. The van der Waals surface area contributed by atoms with Crippen molar-refractivity contribution in [3.05, 3.63) is 59.1 Å². The van der Waals surface area contributed by atoms with Crippen molar-refractivity contribution < 1.29 is 9.13 Å². The number of benzene rings is 2. The molecule has 1 aliphatic heterocycles. The van der Waals surface area contributed by atoms with Crippen molar-refractivity contribution >= 4 is 22.6 Å². The van der Waals surface area contributed by atoms with Gasteiger partial charge in [0.25, 0.3) is 0 Å². The summed E-state index contributed by atoms with van der Waals surface area (Å²) >= 11 is 5.73. The Balaban J connectivity index is 1.22. The number of imidazole rings is 1. The van der Waals surface area contributed by atoms with Crippen LogP contribution in [0.15, 0.2) is 42.7 Å². The van der Waals surface area contributed by atoms with E-state index in [1.54, 1.807) is 12.1 Å². The molecule has 1 saturated heterocycles. The van der Waals surface area contributed by atoms with E-state index in [1.165, 1.54) is 18.1 Å². The van der Waals surface area contributed by atoms with Gasteiger partial charge in [0.2, 0.25) is 0 Å². The molecule has 3 aromatic rings. The van der Waals surface area contributed by atoms with Crippen molar-refractivity contribution in [3.63, 3.8) is 0 Å². The van der Waals surface area contributed by atoms with Crippen molar-refractivity contribution in [1.82, 2.24) is 14.5 Å². The number of aryl methyl sites for hydroxylation is 1. The molecule has 0 radical (unpaired) electrons. The van der Waals surface area contributed by atoms with Crippen LogP contribution >= 0.6 is 11.6 Å². The first-order valence-electron chi connectivity index (χ1n) is 9.23. The highest BCUT2D eigenvalue weighted by molar-refractivity contribution is 6.30. The molecule has 2 aromatic carbocycles. The number of likely N-dealkylation sites (tertiary alicyclic amines) is 1. The van der Waals surface area contributed by atoms with Crippen molar-refractivity contribution in [2.24, 2.45) is 18.4 Å². The van der Waals surface area contributed by atoms with Crippen molar-refractivity contribution in [1.29, 1.82) is 0 Å². The van der Waals surface area contributed by atoms with E-state index in [1.807, 2.05) is 17.9 Å². The Morgan fingerprint density at radius 3 is 3.04 bits per heavy atom. The lowest BCUT2D eigenvalue weighted by Gasteiger charge is -2.21. The molecule has 1 aromatic heterocycles. The van der Waals surface area contributed by atoms with Crippen LogP contribution in [-0.4, -0.2) is 34.1 Å². The molecular weight excluding hydrogens is 365 g/mol. The predicted octanol–water partition coefficient (Wildman–Crippen LogP) is 4.27. The minimum absolute atomic E-state index is 0.127. The summed E-state index contributed by atoms with van der Waals surface area (Å²) in [6.45, 7) is 3.68. The van der Waals surface area contributed by atoms with Crippen LogP contribution in [0, 0.1) is 17.2 Å². The van der Waals surface area contributed by atoms with Gasteiger partial charge in [-0.15, -0.1) is 0 Å². The molecule has 6 heteroatoms. The number of rotatable bonds is 5. The first kappa shape index (κ1) is 17.0. The number of halogens is 2. The molecule has 2 fully saturated rings. The van der Waals surface area contributed by atoms with Crippen molar-refractivity contribution in [2.45, 2.75) is 13.0 Å². The zero-order chi connectivity index (χ0) is 18.6. The first-order chi connectivity index (χ1) is 13.0. The van der Waals surface area contributed by atoms with Crippen LogP contribution in [0.4, 0.5) is 4.39 Å². The molecule has 1 aliphatic carbocycles. The molecular formula is C21H21ClFN3O. The Labute approximate surface area is 162 Å². The monoisotopic (exact) mass is 385 g/mol. The van der Waals surface area contributed by atoms with Gasteiger partial charge in [-0.3, -0.25) is 4.90 Å². The zero-order valence-corrected chi connectivity index (χ0v) is 15.9. The van der Waals surface area contributed by atoms with E-state index in [0.29, 0.717) is 18.3 Å².